The van der Waals surface area contributed by atoms with E-state index in [9.17, 15) is 9.59 Å². The average molecular weight is 398 g/mol. The van der Waals surface area contributed by atoms with E-state index in [0.29, 0.717) is 22.2 Å². The third-order valence-electron chi connectivity index (χ3n) is 3.75. The lowest BCUT2D eigenvalue weighted by molar-refractivity contribution is -0.115. The Bertz CT molecular complexity index is 953. The second-order valence-electron chi connectivity index (χ2n) is 5.61. The first-order valence-electron chi connectivity index (χ1n) is 8.26. The summed E-state index contributed by atoms with van der Waals surface area (Å²) in [6, 6.07) is 8.47. The normalized spacial score (nSPS) is 10.2. The zero-order chi connectivity index (χ0) is 19.9. The SMILES string of the molecule is COc1cc(OC)cc(C(=O)NCC(=O)Nc2nc(-c3ccncc3)cs2)c1. The van der Waals surface area contributed by atoms with Crippen molar-refractivity contribution in [3.8, 4) is 22.8 Å². The van der Waals surface area contributed by atoms with Crippen LogP contribution in [0.5, 0.6) is 11.5 Å². The van der Waals surface area contributed by atoms with Gasteiger partial charge in [0.05, 0.1) is 26.5 Å². The van der Waals surface area contributed by atoms with Crippen LogP contribution < -0.4 is 20.1 Å². The van der Waals surface area contributed by atoms with E-state index in [1.807, 2.05) is 17.5 Å². The molecule has 9 heteroatoms. The zero-order valence-corrected chi connectivity index (χ0v) is 16.1. The van der Waals surface area contributed by atoms with Crippen LogP contribution in [0.25, 0.3) is 11.3 Å². The molecule has 0 spiro atoms. The van der Waals surface area contributed by atoms with Crippen molar-refractivity contribution in [3.63, 3.8) is 0 Å². The Kier molecular flexibility index (Phi) is 6.18. The number of anilines is 1. The van der Waals surface area contributed by atoms with Gasteiger partial charge in [0.15, 0.2) is 5.13 Å². The van der Waals surface area contributed by atoms with Gasteiger partial charge in [-0.15, -0.1) is 11.3 Å². The fourth-order valence-electron chi connectivity index (χ4n) is 2.35. The predicted molar refractivity (Wildman–Crippen MR) is 106 cm³/mol. The first kappa shape index (κ1) is 19.3. The van der Waals surface area contributed by atoms with Crippen LogP contribution in [0.4, 0.5) is 5.13 Å². The molecule has 0 radical (unpaired) electrons. The van der Waals surface area contributed by atoms with Crippen LogP contribution in [-0.4, -0.2) is 42.5 Å². The maximum atomic E-state index is 12.3. The number of benzene rings is 1. The Morgan fingerprint density at radius 3 is 2.39 bits per heavy atom. The van der Waals surface area contributed by atoms with Gasteiger partial charge in [0.1, 0.15) is 11.5 Å². The van der Waals surface area contributed by atoms with Gasteiger partial charge in [-0.2, -0.15) is 0 Å². The summed E-state index contributed by atoms with van der Waals surface area (Å²) in [5, 5.41) is 7.53. The number of nitrogens with one attached hydrogen (secondary N) is 2. The van der Waals surface area contributed by atoms with Crippen LogP contribution in [0.3, 0.4) is 0 Å². The molecule has 2 heterocycles. The van der Waals surface area contributed by atoms with E-state index in [1.165, 1.54) is 25.6 Å². The van der Waals surface area contributed by atoms with Crippen LogP contribution in [0.2, 0.25) is 0 Å². The number of pyridine rings is 1. The van der Waals surface area contributed by atoms with Crippen molar-refractivity contribution >= 4 is 28.3 Å². The standard InChI is InChI=1S/C19H18N4O4S/c1-26-14-7-13(8-15(9-14)27-2)18(25)21-10-17(24)23-19-22-16(11-28-19)12-3-5-20-6-4-12/h3-9,11H,10H2,1-2H3,(H,21,25)(H,22,23,24). The molecule has 0 unspecified atom stereocenters. The Morgan fingerprint density at radius 1 is 1.07 bits per heavy atom. The third kappa shape index (κ3) is 4.83. The van der Waals surface area contributed by atoms with E-state index in [0.717, 1.165) is 11.3 Å². The molecule has 0 saturated carbocycles. The highest BCUT2D eigenvalue weighted by Crippen LogP contribution is 2.24. The van der Waals surface area contributed by atoms with E-state index in [-0.39, 0.29) is 12.5 Å². The van der Waals surface area contributed by atoms with Crippen LogP contribution in [0.1, 0.15) is 10.4 Å². The third-order valence-corrected chi connectivity index (χ3v) is 4.51. The number of carbonyl (C=O) groups excluding carboxylic acids is 2. The summed E-state index contributed by atoms with van der Waals surface area (Å²) >= 11 is 1.30. The molecule has 2 N–H and O–H groups in total. The van der Waals surface area contributed by atoms with Gasteiger partial charge >= 0.3 is 0 Å². The minimum atomic E-state index is -0.413. The minimum absolute atomic E-state index is 0.192. The Morgan fingerprint density at radius 2 is 1.75 bits per heavy atom. The van der Waals surface area contributed by atoms with Crippen molar-refractivity contribution < 1.29 is 19.1 Å². The van der Waals surface area contributed by atoms with Gasteiger partial charge in [-0.05, 0) is 24.3 Å². The summed E-state index contributed by atoms with van der Waals surface area (Å²) < 4.78 is 10.3. The number of hydrogen-bond donors (Lipinski definition) is 2. The number of carbonyl (C=O) groups is 2. The molecule has 0 saturated heterocycles. The molecule has 0 aliphatic heterocycles. The van der Waals surface area contributed by atoms with Gasteiger partial charge in [0, 0.05) is 35.0 Å². The maximum absolute atomic E-state index is 12.3. The fraction of sp³-hybridized carbons (Fsp3) is 0.158. The van der Waals surface area contributed by atoms with E-state index in [4.69, 9.17) is 9.47 Å². The molecule has 3 aromatic rings. The Labute approximate surface area is 165 Å². The summed E-state index contributed by atoms with van der Waals surface area (Å²) in [4.78, 5) is 32.8. The first-order chi connectivity index (χ1) is 13.6. The van der Waals surface area contributed by atoms with Crippen LogP contribution in [-0.2, 0) is 4.79 Å². The number of amides is 2. The highest BCUT2D eigenvalue weighted by atomic mass is 32.1. The minimum Gasteiger partial charge on any atom is -0.497 e. The summed E-state index contributed by atoms with van der Waals surface area (Å²) in [5.74, 6) is 0.184. The van der Waals surface area contributed by atoms with Gasteiger partial charge < -0.3 is 20.1 Å². The van der Waals surface area contributed by atoms with Gasteiger partial charge in [0.2, 0.25) is 5.91 Å². The highest BCUT2D eigenvalue weighted by molar-refractivity contribution is 7.14. The van der Waals surface area contributed by atoms with Crippen molar-refractivity contribution in [3.05, 3.63) is 53.7 Å². The van der Waals surface area contributed by atoms with E-state index >= 15 is 0 Å². The van der Waals surface area contributed by atoms with Crippen LogP contribution in [0.15, 0.2) is 48.1 Å². The number of nitrogens with zero attached hydrogens (tertiary/aromatic N) is 2. The van der Waals surface area contributed by atoms with Crippen LogP contribution >= 0.6 is 11.3 Å². The predicted octanol–water partition coefficient (Wildman–Crippen LogP) is 2.59. The molecule has 0 bridgehead atoms. The molecule has 0 atom stereocenters. The number of hydrogen-bond acceptors (Lipinski definition) is 7. The average Bonchev–Trinajstić information content (AvgIpc) is 3.20. The molecular formula is C19H18N4O4S. The number of thiazole rings is 1. The van der Waals surface area contributed by atoms with E-state index in [2.05, 4.69) is 20.6 Å². The van der Waals surface area contributed by atoms with Gasteiger partial charge in [0.25, 0.3) is 5.91 Å². The molecule has 2 amide bonds. The summed E-state index contributed by atoms with van der Waals surface area (Å²) in [7, 11) is 3.00. The quantitative estimate of drug-likeness (QED) is 0.634. The molecule has 8 nitrogen and oxygen atoms in total. The number of aromatic nitrogens is 2. The smallest absolute Gasteiger partial charge is 0.251 e. The van der Waals surface area contributed by atoms with Crippen molar-refractivity contribution in [1.29, 1.82) is 0 Å². The second-order valence-corrected chi connectivity index (χ2v) is 6.46. The number of methoxy groups -OCH3 is 2. The van der Waals surface area contributed by atoms with Crippen molar-refractivity contribution in [2.24, 2.45) is 0 Å². The van der Waals surface area contributed by atoms with Crippen LogP contribution in [0, 0.1) is 0 Å². The van der Waals surface area contributed by atoms with Crippen molar-refractivity contribution in [2.75, 3.05) is 26.1 Å². The summed E-state index contributed by atoms with van der Waals surface area (Å²) in [6.07, 6.45) is 3.35. The van der Waals surface area contributed by atoms with Gasteiger partial charge in [-0.1, -0.05) is 0 Å². The monoisotopic (exact) mass is 398 g/mol. The number of rotatable bonds is 7. The van der Waals surface area contributed by atoms with Crippen molar-refractivity contribution in [1.82, 2.24) is 15.3 Å². The largest absolute Gasteiger partial charge is 0.497 e. The first-order valence-corrected chi connectivity index (χ1v) is 9.14. The zero-order valence-electron chi connectivity index (χ0n) is 15.3. The molecule has 28 heavy (non-hydrogen) atoms. The lowest BCUT2D eigenvalue weighted by Crippen LogP contribution is -2.32. The lowest BCUT2D eigenvalue weighted by Gasteiger charge is -2.09. The Balaban J connectivity index is 1.57. The molecule has 0 fully saturated rings. The summed E-state index contributed by atoms with van der Waals surface area (Å²) in [5.41, 5.74) is 1.99. The van der Waals surface area contributed by atoms with Gasteiger partial charge in [-0.25, -0.2) is 4.98 Å². The second kappa shape index (κ2) is 8.96. The molecule has 0 aliphatic carbocycles. The fourth-order valence-corrected chi connectivity index (χ4v) is 3.09. The van der Waals surface area contributed by atoms with E-state index < -0.39 is 5.91 Å². The van der Waals surface area contributed by atoms with E-state index in [1.54, 1.807) is 30.6 Å². The summed E-state index contributed by atoms with van der Waals surface area (Å²) in [6.45, 7) is -0.192. The molecular weight excluding hydrogens is 380 g/mol. The molecule has 1 aromatic carbocycles. The molecule has 0 aliphatic rings. The Hall–Kier alpha value is -3.46. The topological polar surface area (TPSA) is 102 Å². The highest BCUT2D eigenvalue weighted by Gasteiger charge is 2.13. The van der Waals surface area contributed by atoms with Gasteiger partial charge in [-0.3, -0.25) is 14.6 Å². The molecule has 3 rings (SSSR count). The number of ether oxygens (including phenoxy) is 2. The molecule has 144 valence electrons. The van der Waals surface area contributed by atoms with Crippen molar-refractivity contribution in [2.45, 2.75) is 0 Å². The molecule has 2 aromatic heterocycles. The maximum Gasteiger partial charge on any atom is 0.251 e. The lowest BCUT2D eigenvalue weighted by atomic mass is 10.2.